The topological polar surface area (TPSA) is 121 Å². The quantitative estimate of drug-likeness (QED) is 0.675. The Kier molecular flexibility index (Phi) is 4.30. The van der Waals surface area contributed by atoms with Crippen molar-refractivity contribution in [2.75, 3.05) is 6.61 Å². The minimum Gasteiger partial charge on any atom is -0.346 e. The lowest BCUT2D eigenvalue weighted by Crippen LogP contribution is -2.37. The summed E-state index contributed by atoms with van der Waals surface area (Å²) in [6, 6.07) is 1.22. The first-order valence-corrected chi connectivity index (χ1v) is 7.48. The number of aromatic amines is 1. The number of nitrogens with zero attached hydrogens (tertiary/aromatic N) is 1. The molecule has 3 rings (SSSR count). The van der Waals surface area contributed by atoms with Crippen molar-refractivity contribution in [2.24, 2.45) is 0 Å². The van der Waals surface area contributed by atoms with Gasteiger partial charge < -0.3 is 14.2 Å². The molecular formula is C14H19N3O7. The molecule has 0 unspecified atom stereocenters. The maximum atomic E-state index is 12.0. The van der Waals surface area contributed by atoms with Crippen molar-refractivity contribution in [3.8, 4) is 0 Å². The van der Waals surface area contributed by atoms with Gasteiger partial charge in [0, 0.05) is 19.2 Å². The summed E-state index contributed by atoms with van der Waals surface area (Å²) in [5.74, 6) is -1.20. The third-order valence-corrected chi connectivity index (χ3v) is 3.71. The number of carbonyl (C=O) groups excluding carboxylic acids is 1. The fourth-order valence-electron chi connectivity index (χ4n) is 2.87. The Labute approximate surface area is 136 Å². The van der Waals surface area contributed by atoms with E-state index in [-0.39, 0.29) is 12.5 Å². The van der Waals surface area contributed by atoms with Crippen molar-refractivity contribution in [3.63, 3.8) is 0 Å². The molecule has 10 heteroatoms. The lowest BCUT2D eigenvalue weighted by atomic mass is 10.1. The number of rotatable bonds is 4. The van der Waals surface area contributed by atoms with Crippen LogP contribution < -0.4 is 16.7 Å². The van der Waals surface area contributed by atoms with Crippen LogP contribution in [-0.2, 0) is 23.8 Å². The van der Waals surface area contributed by atoms with Gasteiger partial charge in [-0.25, -0.2) is 10.3 Å². The van der Waals surface area contributed by atoms with E-state index in [1.807, 2.05) is 0 Å². The minimum absolute atomic E-state index is 0.0226. The zero-order chi connectivity index (χ0) is 17.5. The molecule has 2 saturated heterocycles. The number of nitrogens with one attached hydrogen (secondary N) is 2. The second-order valence-corrected chi connectivity index (χ2v) is 6.12. The molecule has 1 aromatic rings. The average Bonchev–Trinajstić information content (AvgIpc) is 2.93. The van der Waals surface area contributed by atoms with Crippen LogP contribution >= 0.6 is 0 Å². The number of carbonyl (C=O) groups is 1. The van der Waals surface area contributed by atoms with E-state index in [4.69, 9.17) is 19.0 Å². The van der Waals surface area contributed by atoms with Crippen LogP contribution in [0.25, 0.3) is 0 Å². The van der Waals surface area contributed by atoms with Gasteiger partial charge in [-0.15, -0.1) is 0 Å². The Morgan fingerprint density at radius 3 is 2.75 bits per heavy atom. The molecule has 3 heterocycles. The number of amides is 1. The first-order valence-electron chi connectivity index (χ1n) is 7.48. The van der Waals surface area contributed by atoms with Gasteiger partial charge in [-0.1, -0.05) is 0 Å². The number of hydrogen-bond donors (Lipinski definition) is 2. The van der Waals surface area contributed by atoms with Gasteiger partial charge in [0.05, 0.1) is 0 Å². The molecule has 1 amide bonds. The third kappa shape index (κ3) is 3.26. The highest BCUT2D eigenvalue weighted by atomic mass is 16.8. The minimum atomic E-state index is -0.852. The highest BCUT2D eigenvalue weighted by Crippen LogP contribution is 2.42. The molecule has 1 aromatic heterocycles. The van der Waals surface area contributed by atoms with Crippen molar-refractivity contribution in [3.05, 3.63) is 33.1 Å². The summed E-state index contributed by atoms with van der Waals surface area (Å²) in [7, 11) is 0. The molecule has 24 heavy (non-hydrogen) atoms. The average molecular weight is 341 g/mol. The van der Waals surface area contributed by atoms with E-state index < -0.39 is 41.6 Å². The maximum Gasteiger partial charge on any atom is 0.330 e. The summed E-state index contributed by atoms with van der Waals surface area (Å²) in [5, 5.41) is 0. The van der Waals surface area contributed by atoms with E-state index in [1.54, 1.807) is 13.8 Å². The zero-order valence-electron chi connectivity index (χ0n) is 13.5. The molecule has 10 nitrogen and oxygen atoms in total. The summed E-state index contributed by atoms with van der Waals surface area (Å²) in [6.07, 6.45) is -1.05. The van der Waals surface area contributed by atoms with Gasteiger partial charge in [0.15, 0.2) is 12.0 Å². The third-order valence-electron chi connectivity index (χ3n) is 3.71. The van der Waals surface area contributed by atoms with E-state index in [9.17, 15) is 14.4 Å². The summed E-state index contributed by atoms with van der Waals surface area (Å²) >= 11 is 0. The molecule has 0 radical (unpaired) electrons. The number of hydroxylamine groups is 1. The lowest BCUT2D eigenvalue weighted by Gasteiger charge is -2.24. The van der Waals surface area contributed by atoms with E-state index in [0.29, 0.717) is 0 Å². The first kappa shape index (κ1) is 16.8. The van der Waals surface area contributed by atoms with Crippen LogP contribution in [0.5, 0.6) is 0 Å². The van der Waals surface area contributed by atoms with Gasteiger partial charge in [-0.2, -0.15) is 0 Å². The molecule has 2 aliphatic rings. The second-order valence-electron chi connectivity index (χ2n) is 6.12. The molecule has 0 bridgehead atoms. The summed E-state index contributed by atoms with van der Waals surface area (Å²) in [5.41, 5.74) is 1.11. The predicted octanol–water partition coefficient (Wildman–Crippen LogP) is -0.978. The van der Waals surface area contributed by atoms with Crippen molar-refractivity contribution in [1.29, 1.82) is 0 Å². The molecule has 2 fully saturated rings. The van der Waals surface area contributed by atoms with Crippen LogP contribution in [0, 0.1) is 0 Å². The molecule has 0 aliphatic carbocycles. The number of fused-ring (bicyclic) bond motifs is 1. The predicted molar refractivity (Wildman–Crippen MR) is 78.8 cm³/mol. The van der Waals surface area contributed by atoms with Gasteiger partial charge in [-0.05, 0) is 13.8 Å². The van der Waals surface area contributed by atoms with Gasteiger partial charge in [-0.3, -0.25) is 24.0 Å². The Hall–Kier alpha value is -2.01. The first-order chi connectivity index (χ1) is 11.3. The largest absolute Gasteiger partial charge is 0.346 e. The maximum absolute atomic E-state index is 12.0. The molecule has 0 spiro atoms. The number of hydrogen-bond acceptors (Lipinski definition) is 7. The second kappa shape index (κ2) is 6.13. The highest BCUT2D eigenvalue weighted by molar-refractivity contribution is 5.71. The number of H-pyrrole nitrogens is 1. The summed E-state index contributed by atoms with van der Waals surface area (Å²) in [4.78, 5) is 41.4. The number of aromatic nitrogens is 2. The van der Waals surface area contributed by atoms with Crippen molar-refractivity contribution < 1.29 is 23.8 Å². The van der Waals surface area contributed by atoms with Crippen LogP contribution in [0.2, 0.25) is 0 Å². The van der Waals surface area contributed by atoms with Crippen molar-refractivity contribution >= 4 is 5.91 Å². The van der Waals surface area contributed by atoms with E-state index >= 15 is 0 Å². The van der Waals surface area contributed by atoms with Crippen LogP contribution in [0.3, 0.4) is 0 Å². The molecule has 2 aliphatic heterocycles. The highest BCUT2D eigenvalue weighted by Gasteiger charge is 2.56. The van der Waals surface area contributed by atoms with Crippen LogP contribution in [-0.4, -0.2) is 46.2 Å². The van der Waals surface area contributed by atoms with E-state index in [1.165, 1.54) is 23.8 Å². The molecule has 2 N–H and O–H groups in total. The Morgan fingerprint density at radius 2 is 2.08 bits per heavy atom. The zero-order valence-corrected chi connectivity index (χ0v) is 13.5. The van der Waals surface area contributed by atoms with Crippen molar-refractivity contribution in [2.45, 2.75) is 51.1 Å². The molecule has 132 valence electrons. The van der Waals surface area contributed by atoms with Gasteiger partial charge in [0.1, 0.15) is 24.9 Å². The molecule has 4 atom stereocenters. The molecular weight excluding hydrogens is 322 g/mol. The van der Waals surface area contributed by atoms with Crippen molar-refractivity contribution in [1.82, 2.24) is 15.0 Å². The van der Waals surface area contributed by atoms with Gasteiger partial charge in [0.2, 0.25) is 5.91 Å². The normalized spacial score (nSPS) is 31.0. The number of ether oxygens (including phenoxy) is 3. The fraction of sp³-hybridized carbons (Fsp3) is 0.643. The fourth-order valence-corrected chi connectivity index (χ4v) is 2.87. The molecule has 0 saturated carbocycles. The Morgan fingerprint density at radius 1 is 1.38 bits per heavy atom. The summed E-state index contributed by atoms with van der Waals surface area (Å²) < 4.78 is 18.7. The lowest BCUT2D eigenvalue weighted by molar-refractivity contribution is -0.205. The van der Waals surface area contributed by atoms with Crippen LogP contribution in [0.1, 0.15) is 27.0 Å². The van der Waals surface area contributed by atoms with E-state index in [0.717, 1.165) is 0 Å². The standard InChI is InChI=1S/C14H19N3O7/c1-7(18)16-21-6-8-10-11(24-14(2,3)23-10)12(22-8)17-5-4-9(19)15-13(17)20/h4-5,8,10-12H,6H2,1-3H3,(H,16,18)(H,15,19,20)/t8-,10-,11-,12-/m1/s1. The van der Waals surface area contributed by atoms with E-state index in [2.05, 4.69) is 10.5 Å². The van der Waals surface area contributed by atoms with Crippen LogP contribution in [0.15, 0.2) is 21.9 Å². The molecule has 0 aromatic carbocycles. The Balaban J connectivity index is 1.83. The van der Waals surface area contributed by atoms with Gasteiger partial charge >= 0.3 is 5.69 Å². The SMILES string of the molecule is CC(=O)NOC[C@H]1O[C@@H](n2ccc(=O)[nH]c2=O)[C@@H]2OC(C)(C)O[C@@H]21. The summed E-state index contributed by atoms with van der Waals surface area (Å²) in [6.45, 7) is 4.85. The van der Waals surface area contributed by atoms with Crippen LogP contribution in [0.4, 0.5) is 0 Å². The smallest absolute Gasteiger partial charge is 0.330 e. The Bertz CT molecular complexity index is 740. The monoisotopic (exact) mass is 341 g/mol. The van der Waals surface area contributed by atoms with Gasteiger partial charge in [0.25, 0.3) is 5.56 Å².